The SMILES string of the molecule is O=C(Nc1ccc(Br)cc1F)C1CCN(C(=O)Cc2ccccc2)CC1. The molecule has 6 heteroatoms. The quantitative estimate of drug-likeness (QED) is 0.815. The predicted molar refractivity (Wildman–Crippen MR) is 102 cm³/mol. The van der Waals surface area contributed by atoms with Gasteiger partial charge in [-0.25, -0.2) is 4.39 Å². The Kier molecular flexibility index (Phi) is 6.04. The van der Waals surface area contributed by atoms with Gasteiger partial charge in [0.15, 0.2) is 0 Å². The molecule has 1 heterocycles. The second kappa shape index (κ2) is 8.45. The molecule has 2 amide bonds. The van der Waals surface area contributed by atoms with E-state index in [1.807, 2.05) is 30.3 Å². The summed E-state index contributed by atoms with van der Waals surface area (Å²) in [6.45, 7) is 1.10. The maximum atomic E-state index is 13.9. The van der Waals surface area contributed by atoms with E-state index in [4.69, 9.17) is 0 Å². The second-order valence-corrected chi connectivity index (χ2v) is 7.35. The van der Waals surface area contributed by atoms with E-state index in [0.29, 0.717) is 36.8 Å². The predicted octanol–water partition coefficient (Wildman–Crippen LogP) is 4.01. The lowest BCUT2D eigenvalue weighted by Crippen LogP contribution is -2.42. The number of hydrogen-bond donors (Lipinski definition) is 1. The van der Waals surface area contributed by atoms with Gasteiger partial charge in [0.25, 0.3) is 0 Å². The molecular formula is C20H20BrFN2O2. The molecule has 1 N–H and O–H groups in total. The van der Waals surface area contributed by atoms with Gasteiger partial charge < -0.3 is 10.2 Å². The first-order chi connectivity index (χ1) is 12.5. The van der Waals surface area contributed by atoms with Gasteiger partial charge in [-0.3, -0.25) is 9.59 Å². The number of carbonyl (C=O) groups is 2. The molecule has 1 aliphatic heterocycles. The van der Waals surface area contributed by atoms with Crippen molar-refractivity contribution in [3.05, 3.63) is 64.4 Å². The van der Waals surface area contributed by atoms with E-state index in [-0.39, 0.29) is 23.4 Å². The van der Waals surface area contributed by atoms with Crippen LogP contribution in [0.5, 0.6) is 0 Å². The first-order valence-electron chi connectivity index (χ1n) is 8.60. The van der Waals surface area contributed by atoms with E-state index in [1.165, 1.54) is 12.1 Å². The van der Waals surface area contributed by atoms with Gasteiger partial charge in [-0.2, -0.15) is 0 Å². The van der Waals surface area contributed by atoms with Crippen molar-refractivity contribution in [1.82, 2.24) is 4.90 Å². The van der Waals surface area contributed by atoms with E-state index >= 15 is 0 Å². The van der Waals surface area contributed by atoms with Gasteiger partial charge in [0.05, 0.1) is 12.1 Å². The van der Waals surface area contributed by atoms with Gasteiger partial charge in [0, 0.05) is 23.5 Å². The molecule has 2 aromatic rings. The molecule has 0 unspecified atom stereocenters. The monoisotopic (exact) mass is 418 g/mol. The highest BCUT2D eigenvalue weighted by Crippen LogP contribution is 2.23. The molecule has 1 saturated heterocycles. The van der Waals surface area contributed by atoms with Crippen LogP contribution in [0.2, 0.25) is 0 Å². The number of likely N-dealkylation sites (tertiary alicyclic amines) is 1. The van der Waals surface area contributed by atoms with Gasteiger partial charge in [0.1, 0.15) is 5.82 Å². The summed E-state index contributed by atoms with van der Waals surface area (Å²) in [5.41, 5.74) is 1.17. The fraction of sp³-hybridized carbons (Fsp3) is 0.300. The molecule has 26 heavy (non-hydrogen) atoms. The van der Waals surface area contributed by atoms with Crippen molar-refractivity contribution in [2.75, 3.05) is 18.4 Å². The molecule has 0 bridgehead atoms. The molecule has 0 saturated carbocycles. The highest BCUT2D eigenvalue weighted by Gasteiger charge is 2.27. The van der Waals surface area contributed by atoms with Crippen molar-refractivity contribution in [3.63, 3.8) is 0 Å². The first kappa shape index (κ1) is 18.6. The fourth-order valence-corrected chi connectivity index (χ4v) is 3.43. The molecular weight excluding hydrogens is 399 g/mol. The van der Waals surface area contributed by atoms with Crippen LogP contribution in [0.1, 0.15) is 18.4 Å². The summed E-state index contributed by atoms with van der Waals surface area (Å²) in [6.07, 6.45) is 1.55. The minimum Gasteiger partial charge on any atom is -0.342 e. The standard InChI is InChI=1S/C20H20BrFN2O2/c21-16-6-7-18(17(22)13-16)23-20(26)15-8-10-24(11-9-15)19(25)12-14-4-2-1-3-5-14/h1-7,13,15H,8-12H2,(H,23,26). The van der Waals surface area contributed by atoms with E-state index in [1.54, 1.807) is 11.0 Å². The largest absolute Gasteiger partial charge is 0.342 e. The fourth-order valence-electron chi connectivity index (χ4n) is 3.10. The van der Waals surface area contributed by atoms with Crippen LogP contribution in [0.15, 0.2) is 53.0 Å². The Labute approximate surface area is 160 Å². The summed E-state index contributed by atoms with van der Waals surface area (Å²) >= 11 is 3.19. The molecule has 0 atom stereocenters. The van der Waals surface area contributed by atoms with Crippen LogP contribution >= 0.6 is 15.9 Å². The number of benzene rings is 2. The lowest BCUT2D eigenvalue weighted by atomic mass is 9.95. The number of amides is 2. The Morgan fingerprint density at radius 1 is 1.12 bits per heavy atom. The topological polar surface area (TPSA) is 49.4 Å². The third-order valence-electron chi connectivity index (χ3n) is 4.61. The van der Waals surface area contributed by atoms with Crippen LogP contribution in [-0.2, 0) is 16.0 Å². The van der Waals surface area contributed by atoms with Gasteiger partial charge >= 0.3 is 0 Å². The van der Waals surface area contributed by atoms with Crippen molar-refractivity contribution in [3.8, 4) is 0 Å². The number of rotatable bonds is 4. The summed E-state index contributed by atoms with van der Waals surface area (Å²) in [5.74, 6) is -0.794. The zero-order chi connectivity index (χ0) is 18.5. The van der Waals surface area contributed by atoms with Crippen LogP contribution in [0, 0.1) is 11.7 Å². The maximum absolute atomic E-state index is 13.9. The van der Waals surface area contributed by atoms with E-state index in [9.17, 15) is 14.0 Å². The van der Waals surface area contributed by atoms with Crippen molar-refractivity contribution in [2.45, 2.75) is 19.3 Å². The number of anilines is 1. The van der Waals surface area contributed by atoms with Crippen molar-refractivity contribution in [2.24, 2.45) is 5.92 Å². The Morgan fingerprint density at radius 3 is 2.46 bits per heavy atom. The maximum Gasteiger partial charge on any atom is 0.227 e. The van der Waals surface area contributed by atoms with Gasteiger partial charge in [0.2, 0.25) is 11.8 Å². The lowest BCUT2D eigenvalue weighted by molar-refractivity contribution is -0.133. The summed E-state index contributed by atoms with van der Waals surface area (Å²) in [7, 11) is 0. The van der Waals surface area contributed by atoms with E-state index in [0.717, 1.165) is 5.56 Å². The minimum absolute atomic E-state index is 0.0778. The number of nitrogens with one attached hydrogen (secondary N) is 1. The molecule has 3 rings (SSSR count). The van der Waals surface area contributed by atoms with Crippen LogP contribution < -0.4 is 5.32 Å². The molecule has 0 radical (unpaired) electrons. The third-order valence-corrected chi connectivity index (χ3v) is 5.10. The zero-order valence-corrected chi connectivity index (χ0v) is 15.8. The average Bonchev–Trinajstić information content (AvgIpc) is 2.65. The molecule has 1 aliphatic rings. The normalized spacial score (nSPS) is 14.9. The number of carbonyl (C=O) groups excluding carboxylic acids is 2. The van der Waals surface area contributed by atoms with E-state index in [2.05, 4.69) is 21.2 Å². The van der Waals surface area contributed by atoms with Crippen LogP contribution in [0.25, 0.3) is 0 Å². The summed E-state index contributed by atoms with van der Waals surface area (Å²) in [4.78, 5) is 26.6. The molecule has 0 spiro atoms. The number of piperidine rings is 1. The summed E-state index contributed by atoms with van der Waals surface area (Å²) in [6, 6.07) is 14.2. The highest BCUT2D eigenvalue weighted by atomic mass is 79.9. The lowest BCUT2D eigenvalue weighted by Gasteiger charge is -2.31. The number of halogens is 2. The van der Waals surface area contributed by atoms with Crippen molar-refractivity contribution < 1.29 is 14.0 Å². The molecule has 0 aromatic heterocycles. The first-order valence-corrected chi connectivity index (χ1v) is 9.40. The number of nitrogens with zero attached hydrogens (tertiary/aromatic N) is 1. The Morgan fingerprint density at radius 2 is 1.81 bits per heavy atom. The Balaban J connectivity index is 1.51. The Hall–Kier alpha value is -2.21. The van der Waals surface area contributed by atoms with Crippen molar-refractivity contribution >= 4 is 33.4 Å². The van der Waals surface area contributed by atoms with Crippen LogP contribution in [-0.4, -0.2) is 29.8 Å². The van der Waals surface area contributed by atoms with Crippen molar-refractivity contribution in [1.29, 1.82) is 0 Å². The summed E-state index contributed by atoms with van der Waals surface area (Å²) < 4.78 is 14.5. The van der Waals surface area contributed by atoms with Gasteiger partial charge in [-0.1, -0.05) is 46.3 Å². The minimum atomic E-state index is -0.469. The molecule has 0 aliphatic carbocycles. The molecule has 4 nitrogen and oxygen atoms in total. The van der Waals surface area contributed by atoms with E-state index < -0.39 is 5.82 Å². The molecule has 2 aromatic carbocycles. The number of hydrogen-bond acceptors (Lipinski definition) is 2. The van der Waals surface area contributed by atoms with Gasteiger partial charge in [-0.05, 0) is 36.6 Å². The smallest absolute Gasteiger partial charge is 0.227 e. The zero-order valence-electron chi connectivity index (χ0n) is 14.3. The molecule has 1 fully saturated rings. The third kappa shape index (κ3) is 4.69. The average molecular weight is 419 g/mol. The summed E-state index contributed by atoms with van der Waals surface area (Å²) in [5, 5.41) is 2.65. The van der Waals surface area contributed by atoms with Crippen LogP contribution in [0.3, 0.4) is 0 Å². The van der Waals surface area contributed by atoms with Gasteiger partial charge in [-0.15, -0.1) is 0 Å². The molecule has 136 valence electrons. The second-order valence-electron chi connectivity index (χ2n) is 6.43. The highest BCUT2D eigenvalue weighted by molar-refractivity contribution is 9.10. The van der Waals surface area contributed by atoms with Crippen LogP contribution in [0.4, 0.5) is 10.1 Å². The Bertz CT molecular complexity index is 790.